The maximum Gasteiger partial charge on any atom is 0.305 e. The Morgan fingerprint density at radius 1 is 1.47 bits per heavy atom. The topological polar surface area (TPSA) is 92.4 Å². The van der Waals surface area contributed by atoms with Crippen LogP contribution in [0.3, 0.4) is 0 Å². The van der Waals surface area contributed by atoms with E-state index < -0.39 is 5.97 Å². The molecule has 5 nitrogen and oxygen atoms in total. The molecule has 0 aliphatic heterocycles. The molecule has 1 amide bonds. The van der Waals surface area contributed by atoms with Gasteiger partial charge in [0.2, 0.25) is 5.91 Å². The number of aliphatic carboxylic acids is 1. The standard InChI is InChI=1S/C10H20N2O3/c1-3-4-8(5-9(13)14)12-10(15)7(2)6-11/h7-8H,3-6,11H2,1-2H3,(H,12,15)(H,13,14). The zero-order valence-electron chi connectivity index (χ0n) is 9.32. The first-order valence-electron chi connectivity index (χ1n) is 5.23. The van der Waals surface area contributed by atoms with Crippen molar-refractivity contribution in [3.05, 3.63) is 0 Å². The van der Waals surface area contributed by atoms with Crippen molar-refractivity contribution in [1.82, 2.24) is 5.32 Å². The number of amides is 1. The SMILES string of the molecule is CCCC(CC(=O)O)NC(=O)C(C)CN. The van der Waals surface area contributed by atoms with Crippen molar-refractivity contribution >= 4 is 11.9 Å². The van der Waals surface area contributed by atoms with E-state index in [4.69, 9.17) is 10.8 Å². The van der Waals surface area contributed by atoms with Gasteiger partial charge in [-0.1, -0.05) is 20.3 Å². The highest BCUT2D eigenvalue weighted by Gasteiger charge is 2.18. The highest BCUT2D eigenvalue weighted by Crippen LogP contribution is 2.03. The van der Waals surface area contributed by atoms with Gasteiger partial charge in [0.1, 0.15) is 0 Å². The average molecular weight is 216 g/mol. The Morgan fingerprint density at radius 3 is 2.47 bits per heavy atom. The molecule has 0 spiro atoms. The first kappa shape index (κ1) is 13.9. The molecule has 0 aromatic heterocycles. The van der Waals surface area contributed by atoms with Crippen molar-refractivity contribution in [1.29, 1.82) is 0 Å². The van der Waals surface area contributed by atoms with Gasteiger partial charge in [0, 0.05) is 18.5 Å². The molecular formula is C10H20N2O3. The molecule has 0 aliphatic carbocycles. The highest BCUT2D eigenvalue weighted by molar-refractivity contribution is 5.79. The molecule has 0 aromatic rings. The predicted octanol–water partition coefficient (Wildman–Crippen LogP) is 0.341. The molecule has 4 N–H and O–H groups in total. The van der Waals surface area contributed by atoms with E-state index in [-0.39, 0.29) is 30.8 Å². The largest absolute Gasteiger partial charge is 0.481 e. The third-order valence-electron chi connectivity index (χ3n) is 2.21. The maximum absolute atomic E-state index is 11.5. The first-order valence-corrected chi connectivity index (χ1v) is 5.23. The summed E-state index contributed by atoms with van der Waals surface area (Å²) in [5.74, 6) is -1.33. The predicted molar refractivity (Wildman–Crippen MR) is 57.3 cm³/mol. The number of carbonyl (C=O) groups is 2. The van der Waals surface area contributed by atoms with Crippen molar-refractivity contribution in [3.8, 4) is 0 Å². The van der Waals surface area contributed by atoms with E-state index in [0.717, 1.165) is 6.42 Å². The number of carbonyl (C=O) groups excluding carboxylic acids is 1. The van der Waals surface area contributed by atoms with Crippen molar-refractivity contribution in [2.75, 3.05) is 6.54 Å². The maximum atomic E-state index is 11.5. The summed E-state index contributed by atoms with van der Waals surface area (Å²) in [6, 6.07) is -0.283. The molecule has 0 heterocycles. The monoisotopic (exact) mass is 216 g/mol. The van der Waals surface area contributed by atoms with Crippen LogP contribution in [0.25, 0.3) is 0 Å². The summed E-state index contributed by atoms with van der Waals surface area (Å²) in [6.45, 7) is 3.95. The molecule has 0 aromatic carbocycles. The Balaban J connectivity index is 4.14. The molecule has 0 radical (unpaired) electrons. The second-order valence-corrected chi connectivity index (χ2v) is 3.73. The summed E-state index contributed by atoms with van der Waals surface area (Å²) in [6.07, 6.45) is 1.49. The van der Waals surface area contributed by atoms with E-state index >= 15 is 0 Å². The molecule has 0 aliphatic rings. The third kappa shape index (κ3) is 6.06. The van der Waals surface area contributed by atoms with Gasteiger partial charge in [0.15, 0.2) is 0 Å². The van der Waals surface area contributed by atoms with Crippen LogP contribution in [0.5, 0.6) is 0 Å². The van der Waals surface area contributed by atoms with Crippen LogP contribution in [0.4, 0.5) is 0 Å². The van der Waals surface area contributed by atoms with E-state index in [1.165, 1.54) is 0 Å². The fourth-order valence-corrected chi connectivity index (χ4v) is 1.23. The molecule has 0 rings (SSSR count). The number of carboxylic acid groups (broad SMARTS) is 1. The average Bonchev–Trinajstić information content (AvgIpc) is 2.15. The van der Waals surface area contributed by atoms with Crippen LogP contribution in [0.15, 0.2) is 0 Å². The Kier molecular flexibility index (Phi) is 6.70. The van der Waals surface area contributed by atoms with Gasteiger partial charge in [0.25, 0.3) is 0 Å². The van der Waals surface area contributed by atoms with Gasteiger partial charge in [-0.05, 0) is 6.42 Å². The lowest BCUT2D eigenvalue weighted by atomic mass is 10.1. The molecule has 0 fully saturated rings. The Hall–Kier alpha value is -1.10. The summed E-state index contributed by atoms with van der Waals surface area (Å²) in [7, 11) is 0. The van der Waals surface area contributed by atoms with Crippen LogP contribution in [0.2, 0.25) is 0 Å². The van der Waals surface area contributed by atoms with Crippen LogP contribution in [-0.2, 0) is 9.59 Å². The van der Waals surface area contributed by atoms with Gasteiger partial charge in [-0.2, -0.15) is 0 Å². The van der Waals surface area contributed by atoms with Crippen molar-refractivity contribution in [2.45, 2.75) is 39.2 Å². The van der Waals surface area contributed by atoms with Gasteiger partial charge in [-0.25, -0.2) is 0 Å². The van der Waals surface area contributed by atoms with E-state index in [1.54, 1.807) is 6.92 Å². The molecule has 0 bridgehead atoms. The van der Waals surface area contributed by atoms with Crippen LogP contribution < -0.4 is 11.1 Å². The smallest absolute Gasteiger partial charge is 0.305 e. The summed E-state index contributed by atoms with van der Waals surface area (Å²) >= 11 is 0. The second kappa shape index (κ2) is 7.23. The first-order chi connectivity index (χ1) is 7.01. The highest BCUT2D eigenvalue weighted by atomic mass is 16.4. The zero-order valence-corrected chi connectivity index (χ0v) is 9.32. The van der Waals surface area contributed by atoms with Gasteiger partial charge in [-0.15, -0.1) is 0 Å². The summed E-state index contributed by atoms with van der Waals surface area (Å²) in [5.41, 5.74) is 5.35. The zero-order chi connectivity index (χ0) is 11.8. The molecular weight excluding hydrogens is 196 g/mol. The molecule has 2 unspecified atom stereocenters. The normalized spacial score (nSPS) is 14.3. The van der Waals surface area contributed by atoms with Crippen molar-refractivity contribution in [2.24, 2.45) is 11.7 Å². The van der Waals surface area contributed by atoms with E-state index in [1.807, 2.05) is 6.92 Å². The Morgan fingerprint density at radius 2 is 2.07 bits per heavy atom. The molecule has 0 saturated carbocycles. The molecule has 0 saturated heterocycles. The van der Waals surface area contributed by atoms with Crippen LogP contribution in [-0.4, -0.2) is 29.6 Å². The Labute approximate surface area is 90.0 Å². The fraction of sp³-hybridized carbons (Fsp3) is 0.800. The lowest BCUT2D eigenvalue weighted by molar-refractivity contribution is -0.137. The van der Waals surface area contributed by atoms with E-state index in [9.17, 15) is 9.59 Å². The van der Waals surface area contributed by atoms with Gasteiger partial charge >= 0.3 is 5.97 Å². The fourth-order valence-electron chi connectivity index (χ4n) is 1.23. The minimum Gasteiger partial charge on any atom is -0.481 e. The van der Waals surface area contributed by atoms with Gasteiger partial charge in [0.05, 0.1) is 6.42 Å². The molecule has 2 atom stereocenters. The van der Waals surface area contributed by atoms with E-state index in [2.05, 4.69) is 5.32 Å². The molecule has 15 heavy (non-hydrogen) atoms. The van der Waals surface area contributed by atoms with Gasteiger partial charge in [-0.3, -0.25) is 9.59 Å². The van der Waals surface area contributed by atoms with E-state index in [0.29, 0.717) is 6.42 Å². The number of nitrogens with two attached hydrogens (primary N) is 1. The number of hydrogen-bond acceptors (Lipinski definition) is 3. The molecule has 88 valence electrons. The van der Waals surface area contributed by atoms with Crippen LogP contribution >= 0.6 is 0 Å². The lowest BCUT2D eigenvalue weighted by Crippen LogP contribution is -2.41. The number of rotatable bonds is 7. The van der Waals surface area contributed by atoms with Crippen LogP contribution in [0.1, 0.15) is 33.1 Å². The third-order valence-corrected chi connectivity index (χ3v) is 2.21. The number of hydrogen-bond donors (Lipinski definition) is 3. The minimum absolute atomic E-state index is 0.0309. The van der Waals surface area contributed by atoms with Gasteiger partial charge < -0.3 is 16.2 Å². The number of carboxylic acids is 1. The van der Waals surface area contributed by atoms with Crippen molar-refractivity contribution < 1.29 is 14.7 Å². The van der Waals surface area contributed by atoms with Crippen LogP contribution in [0, 0.1) is 5.92 Å². The molecule has 5 heteroatoms. The lowest BCUT2D eigenvalue weighted by Gasteiger charge is -2.18. The second-order valence-electron chi connectivity index (χ2n) is 3.73. The summed E-state index contributed by atoms with van der Waals surface area (Å²) in [5, 5.41) is 11.3. The number of nitrogens with one attached hydrogen (secondary N) is 1. The van der Waals surface area contributed by atoms with Crippen molar-refractivity contribution in [3.63, 3.8) is 0 Å². The summed E-state index contributed by atoms with van der Waals surface area (Å²) < 4.78 is 0. The quantitative estimate of drug-likeness (QED) is 0.572. The summed E-state index contributed by atoms with van der Waals surface area (Å²) in [4.78, 5) is 22.0. The Bertz CT molecular complexity index is 219. The minimum atomic E-state index is -0.894.